The van der Waals surface area contributed by atoms with Gasteiger partial charge in [0.25, 0.3) is 5.56 Å². The summed E-state index contributed by atoms with van der Waals surface area (Å²) in [6.07, 6.45) is 0.169. The minimum absolute atomic E-state index is 0.0184. The number of carbonyl (C=O) groups excluding carboxylic acids is 1. The summed E-state index contributed by atoms with van der Waals surface area (Å²) in [5.41, 5.74) is 3.29. The van der Waals surface area contributed by atoms with Crippen LogP contribution in [0.5, 0.6) is 5.75 Å². The molecule has 0 amide bonds. The molecule has 0 saturated heterocycles. The van der Waals surface area contributed by atoms with Gasteiger partial charge in [-0.05, 0) is 70.5 Å². The lowest BCUT2D eigenvalue weighted by molar-refractivity contribution is -0.174. The lowest BCUT2D eigenvalue weighted by atomic mass is 9.82. The fraction of sp³-hybridized carbons (Fsp3) is 0.500. The molecule has 0 aliphatic carbocycles. The van der Waals surface area contributed by atoms with Crippen LogP contribution in [0.25, 0.3) is 22.3 Å². The van der Waals surface area contributed by atoms with E-state index in [4.69, 9.17) is 14.5 Å². The normalized spacial score (nSPS) is 18.6. The fourth-order valence-electron chi connectivity index (χ4n) is 6.14. The van der Waals surface area contributed by atoms with Crippen LogP contribution in [-0.4, -0.2) is 46.2 Å². The Kier molecular flexibility index (Phi) is 6.19. The molecule has 3 aromatic rings. The van der Waals surface area contributed by atoms with Crippen molar-refractivity contribution in [3.05, 3.63) is 56.4 Å². The molecule has 5 rings (SSSR count). The Hall–Kier alpha value is -3.23. The van der Waals surface area contributed by atoms with Crippen LogP contribution < -0.4 is 10.3 Å². The summed E-state index contributed by atoms with van der Waals surface area (Å²) in [6.45, 7) is 13.4. The Bertz CT molecular complexity index is 1540. The number of carbonyl (C=O) groups is 1. The third kappa shape index (κ3) is 3.68. The van der Waals surface area contributed by atoms with E-state index in [0.717, 1.165) is 39.9 Å². The van der Waals surface area contributed by atoms with Gasteiger partial charge in [-0.3, -0.25) is 9.69 Å². The molecule has 4 heterocycles. The summed E-state index contributed by atoms with van der Waals surface area (Å²) in [5.74, 6) is 0.148. The molecule has 0 saturated carbocycles. The van der Waals surface area contributed by atoms with Gasteiger partial charge in [-0.2, -0.15) is 0 Å². The second-order valence-corrected chi connectivity index (χ2v) is 11.6. The highest BCUT2D eigenvalue weighted by Gasteiger charge is 2.47. The molecule has 8 heteroatoms. The summed E-state index contributed by atoms with van der Waals surface area (Å²) in [4.78, 5) is 33.8. The number of hydrogen-bond donors (Lipinski definition) is 1. The average molecular weight is 520 g/mol. The summed E-state index contributed by atoms with van der Waals surface area (Å²) < 4.78 is 12.9. The molecule has 202 valence electrons. The van der Waals surface area contributed by atoms with Crippen LogP contribution in [0.3, 0.4) is 0 Å². The van der Waals surface area contributed by atoms with Gasteiger partial charge in [0.2, 0.25) is 0 Å². The maximum absolute atomic E-state index is 13.7. The molecule has 1 N–H and O–H groups in total. The number of esters is 1. The van der Waals surface area contributed by atoms with Gasteiger partial charge in [0.15, 0.2) is 5.60 Å². The van der Waals surface area contributed by atoms with Crippen molar-refractivity contribution in [1.29, 1.82) is 0 Å². The van der Waals surface area contributed by atoms with E-state index in [0.29, 0.717) is 29.1 Å². The summed E-state index contributed by atoms with van der Waals surface area (Å²) in [7, 11) is 3.79. The molecular formula is C30H37N3O5. The summed E-state index contributed by atoms with van der Waals surface area (Å²) >= 11 is 0. The van der Waals surface area contributed by atoms with E-state index in [1.807, 2.05) is 26.8 Å². The smallest absolute Gasteiger partial charge is 0.343 e. The van der Waals surface area contributed by atoms with Gasteiger partial charge in [0, 0.05) is 27.6 Å². The van der Waals surface area contributed by atoms with Crippen molar-refractivity contribution in [3.8, 4) is 17.1 Å². The number of aromatic nitrogens is 2. The Morgan fingerprint density at radius 2 is 1.97 bits per heavy atom. The van der Waals surface area contributed by atoms with Crippen LogP contribution in [-0.2, 0) is 33.8 Å². The van der Waals surface area contributed by atoms with Crippen molar-refractivity contribution < 1.29 is 19.4 Å². The average Bonchev–Trinajstić information content (AvgIpc) is 3.21. The highest BCUT2D eigenvalue weighted by atomic mass is 16.6. The Morgan fingerprint density at radius 1 is 1.26 bits per heavy atom. The van der Waals surface area contributed by atoms with E-state index < -0.39 is 11.6 Å². The van der Waals surface area contributed by atoms with Crippen molar-refractivity contribution in [1.82, 2.24) is 14.5 Å². The van der Waals surface area contributed by atoms with Gasteiger partial charge >= 0.3 is 5.97 Å². The molecule has 0 bridgehead atoms. The number of aryl methyl sites for hydroxylation is 1. The number of aliphatic hydroxyl groups is 1. The van der Waals surface area contributed by atoms with Crippen molar-refractivity contribution in [2.45, 2.75) is 72.3 Å². The molecular weight excluding hydrogens is 482 g/mol. The summed E-state index contributed by atoms with van der Waals surface area (Å²) in [5, 5.41) is 12.5. The molecule has 2 aliphatic rings. The third-order valence-electron chi connectivity index (χ3n) is 8.39. The molecule has 0 fully saturated rings. The van der Waals surface area contributed by atoms with Crippen LogP contribution >= 0.6 is 0 Å². The van der Waals surface area contributed by atoms with Gasteiger partial charge in [-0.1, -0.05) is 20.8 Å². The molecule has 0 spiro atoms. The Labute approximate surface area is 223 Å². The maximum Gasteiger partial charge on any atom is 0.343 e. The van der Waals surface area contributed by atoms with Crippen LogP contribution in [0.2, 0.25) is 0 Å². The molecule has 0 radical (unpaired) electrons. The lowest BCUT2D eigenvalue weighted by Gasteiger charge is -2.37. The van der Waals surface area contributed by atoms with Gasteiger partial charge in [0.05, 0.1) is 36.1 Å². The van der Waals surface area contributed by atoms with E-state index in [2.05, 4.69) is 38.8 Å². The highest BCUT2D eigenvalue weighted by Crippen LogP contribution is 2.44. The first-order valence-electron chi connectivity index (χ1n) is 13.2. The van der Waals surface area contributed by atoms with Gasteiger partial charge in [0.1, 0.15) is 12.4 Å². The number of hydrogen-bond acceptors (Lipinski definition) is 7. The monoisotopic (exact) mass is 519 g/mol. The molecule has 2 aromatic heterocycles. The maximum atomic E-state index is 13.7. The number of nitrogens with zero attached hydrogens (tertiary/aromatic N) is 3. The van der Waals surface area contributed by atoms with Crippen molar-refractivity contribution in [3.63, 3.8) is 0 Å². The van der Waals surface area contributed by atoms with Crippen LogP contribution in [0.15, 0.2) is 23.0 Å². The second kappa shape index (κ2) is 8.92. The van der Waals surface area contributed by atoms with Crippen LogP contribution in [0, 0.1) is 12.8 Å². The first kappa shape index (κ1) is 26.4. The quantitative estimate of drug-likeness (QED) is 0.381. The van der Waals surface area contributed by atoms with Gasteiger partial charge in [-0.15, -0.1) is 0 Å². The Balaban J connectivity index is 1.77. The van der Waals surface area contributed by atoms with Gasteiger partial charge < -0.3 is 19.1 Å². The number of ether oxygens (including phenoxy) is 2. The van der Waals surface area contributed by atoms with Crippen molar-refractivity contribution in [2.24, 2.45) is 5.92 Å². The number of methoxy groups -OCH3 is 1. The van der Waals surface area contributed by atoms with Crippen LogP contribution in [0.1, 0.15) is 68.9 Å². The largest absolute Gasteiger partial charge is 0.496 e. The van der Waals surface area contributed by atoms with Crippen LogP contribution in [0.4, 0.5) is 0 Å². The standard InChI is InChI=1S/C30H37N3O5/c1-9-32(7)29(5,6)24-19-11-18-14-33-23(25(18)31-22(19)10-17(4)26(24)37-8)12-21-20(27(33)34)15-38-28(35)30(21,36)13-16(2)3/h10-12,16,36H,9,13-15H2,1-8H3/t30-/m0/s1. The SMILES string of the molecule is CCN(C)C(C)(C)c1c(OC)c(C)cc2nc3c(cc12)Cn1c-3cc2c(c1=O)COC(=O)[C@]2(O)CC(C)C. The van der Waals surface area contributed by atoms with E-state index >= 15 is 0 Å². The zero-order valence-electron chi connectivity index (χ0n) is 23.6. The molecule has 1 atom stereocenters. The number of fused-ring (bicyclic) bond motifs is 5. The number of rotatable bonds is 6. The molecule has 8 nitrogen and oxygen atoms in total. The predicted molar refractivity (Wildman–Crippen MR) is 146 cm³/mol. The van der Waals surface area contributed by atoms with E-state index in [-0.39, 0.29) is 30.0 Å². The second-order valence-electron chi connectivity index (χ2n) is 11.6. The van der Waals surface area contributed by atoms with Crippen molar-refractivity contribution >= 4 is 16.9 Å². The third-order valence-corrected chi connectivity index (χ3v) is 8.39. The number of cyclic esters (lactones) is 1. The topological polar surface area (TPSA) is 93.9 Å². The predicted octanol–water partition coefficient (Wildman–Crippen LogP) is 4.22. The molecule has 0 unspecified atom stereocenters. The van der Waals surface area contributed by atoms with E-state index in [1.54, 1.807) is 17.7 Å². The first-order valence-corrected chi connectivity index (χ1v) is 13.2. The minimum atomic E-state index is -1.86. The first-order chi connectivity index (χ1) is 17.8. The number of benzene rings is 1. The molecule has 38 heavy (non-hydrogen) atoms. The van der Waals surface area contributed by atoms with E-state index in [9.17, 15) is 14.7 Å². The minimum Gasteiger partial charge on any atom is -0.496 e. The highest BCUT2D eigenvalue weighted by molar-refractivity contribution is 5.91. The molecule has 2 aliphatic heterocycles. The van der Waals surface area contributed by atoms with Crippen molar-refractivity contribution in [2.75, 3.05) is 20.7 Å². The Morgan fingerprint density at radius 3 is 2.61 bits per heavy atom. The van der Waals surface area contributed by atoms with Gasteiger partial charge in [-0.25, -0.2) is 9.78 Å². The lowest BCUT2D eigenvalue weighted by Crippen LogP contribution is -2.45. The zero-order valence-corrected chi connectivity index (χ0v) is 23.6. The summed E-state index contributed by atoms with van der Waals surface area (Å²) in [6, 6.07) is 5.91. The molecule has 1 aromatic carbocycles. The fourth-order valence-corrected chi connectivity index (χ4v) is 6.14. The number of pyridine rings is 2. The zero-order chi connectivity index (χ0) is 27.7. The van der Waals surface area contributed by atoms with E-state index in [1.165, 1.54) is 0 Å².